The number of aliphatic hydroxyl groups is 1. The molecule has 1 heterocycles. The molecular weight excluding hydrogens is 266 g/mol. The van der Waals surface area contributed by atoms with Crippen molar-refractivity contribution in [1.82, 2.24) is 4.90 Å². The number of oxime groups is 1. The van der Waals surface area contributed by atoms with E-state index >= 15 is 0 Å². The standard InChI is InChI=1S/C16H25N3O2/c1-12-9-14(16(17)18-21)4-5-15(12)11-19-7-2-3-13(10-19)6-8-20/h4-5,9,13,20-21H,2-3,6-8,10-11H2,1H3,(H2,17,18). The van der Waals surface area contributed by atoms with E-state index < -0.39 is 0 Å². The molecule has 0 aliphatic carbocycles. The predicted molar refractivity (Wildman–Crippen MR) is 83.4 cm³/mol. The molecule has 1 saturated heterocycles. The van der Waals surface area contributed by atoms with E-state index in [2.05, 4.69) is 23.0 Å². The van der Waals surface area contributed by atoms with Crippen molar-refractivity contribution in [3.05, 3.63) is 34.9 Å². The van der Waals surface area contributed by atoms with E-state index in [0.29, 0.717) is 5.92 Å². The van der Waals surface area contributed by atoms with Crippen molar-refractivity contribution >= 4 is 5.84 Å². The number of likely N-dealkylation sites (tertiary alicyclic amines) is 1. The third kappa shape index (κ3) is 4.19. The van der Waals surface area contributed by atoms with Gasteiger partial charge in [0, 0.05) is 25.3 Å². The van der Waals surface area contributed by atoms with Crippen LogP contribution in [0.2, 0.25) is 0 Å². The molecule has 2 rings (SSSR count). The summed E-state index contributed by atoms with van der Waals surface area (Å²) < 4.78 is 0. The topological polar surface area (TPSA) is 82.1 Å². The highest BCUT2D eigenvalue weighted by Crippen LogP contribution is 2.22. The van der Waals surface area contributed by atoms with Crippen LogP contribution in [-0.4, -0.2) is 40.7 Å². The lowest BCUT2D eigenvalue weighted by Crippen LogP contribution is -2.35. The van der Waals surface area contributed by atoms with Crippen LogP contribution in [0.15, 0.2) is 23.4 Å². The van der Waals surface area contributed by atoms with E-state index in [1.807, 2.05) is 12.1 Å². The molecule has 0 aromatic heterocycles. The zero-order valence-electron chi connectivity index (χ0n) is 12.6. The Morgan fingerprint density at radius 2 is 2.29 bits per heavy atom. The highest BCUT2D eigenvalue weighted by molar-refractivity contribution is 5.97. The van der Waals surface area contributed by atoms with Crippen molar-refractivity contribution in [2.45, 2.75) is 32.7 Å². The first-order chi connectivity index (χ1) is 10.1. The fourth-order valence-electron chi connectivity index (χ4n) is 3.04. The second kappa shape index (κ2) is 7.43. The summed E-state index contributed by atoms with van der Waals surface area (Å²) >= 11 is 0. The maximum absolute atomic E-state index is 9.08. The van der Waals surface area contributed by atoms with E-state index in [4.69, 9.17) is 16.0 Å². The van der Waals surface area contributed by atoms with Crippen LogP contribution in [0.5, 0.6) is 0 Å². The fraction of sp³-hybridized carbons (Fsp3) is 0.562. The van der Waals surface area contributed by atoms with Crippen LogP contribution in [0, 0.1) is 12.8 Å². The number of aliphatic hydroxyl groups excluding tert-OH is 1. The van der Waals surface area contributed by atoms with Crippen LogP contribution in [0.25, 0.3) is 0 Å². The molecule has 1 unspecified atom stereocenters. The quantitative estimate of drug-likeness (QED) is 0.334. The number of benzene rings is 1. The molecule has 0 bridgehead atoms. The number of piperidine rings is 1. The third-order valence-corrected chi connectivity index (χ3v) is 4.28. The van der Waals surface area contributed by atoms with Crippen LogP contribution < -0.4 is 5.73 Å². The normalized spacial score (nSPS) is 20.7. The maximum Gasteiger partial charge on any atom is 0.170 e. The molecule has 0 saturated carbocycles. The van der Waals surface area contributed by atoms with E-state index in [1.165, 1.54) is 18.4 Å². The maximum atomic E-state index is 9.08. The predicted octanol–water partition coefficient (Wildman–Crippen LogP) is 1.68. The molecule has 1 atom stereocenters. The number of aryl methyl sites for hydroxylation is 1. The van der Waals surface area contributed by atoms with Crippen molar-refractivity contribution in [2.75, 3.05) is 19.7 Å². The number of nitrogens with zero attached hydrogens (tertiary/aromatic N) is 2. The largest absolute Gasteiger partial charge is 0.409 e. The highest BCUT2D eigenvalue weighted by atomic mass is 16.4. The molecule has 1 aliphatic rings. The summed E-state index contributed by atoms with van der Waals surface area (Å²) in [5.41, 5.74) is 8.79. The average molecular weight is 291 g/mol. The van der Waals surface area contributed by atoms with Crippen molar-refractivity contribution in [2.24, 2.45) is 16.8 Å². The van der Waals surface area contributed by atoms with E-state index in [9.17, 15) is 0 Å². The summed E-state index contributed by atoms with van der Waals surface area (Å²) in [5, 5.41) is 20.8. The van der Waals surface area contributed by atoms with Gasteiger partial charge in [0.05, 0.1) is 0 Å². The minimum absolute atomic E-state index is 0.144. The molecule has 0 amide bonds. The van der Waals surface area contributed by atoms with E-state index in [-0.39, 0.29) is 12.4 Å². The molecule has 4 N–H and O–H groups in total. The number of hydrogen-bond acceptors (Lipinski definition) is 4. The number of rotatable bonds is 5. The SMILES string of the molecule is Cc1cc(/C(N)=N/O)ccc1CN1CCCC(CCO)C1. The minimum atomic E-state index is 0.144. The van der Waals surface area contributed by atoms with Gasteiger partial charge in [0.15, 0.2) is 5.84 Å². The van der Waals surface area contributed by atoms with Crippen molar-refractivity contribution < 1.29 is 10.3 Å². The molecule has 1 fully saturated rings. The molecule has 5 heteroatoms. The molecular formula is C16H25N3O2. The summed E-state index contributed by atoms with van der Waals surface area (Å²) in [6, 6.07) is 5.91. The zero-order valence-corrected chi connectivity index (χ0v) is 12.6. The summed E-state index contributed by atoms with van der Waals surface area (Å²) in [6.07, 6.45) is 3.32. The van der Waals surface area contributed by atoms with Gasteiger partial charge in [-0.1, -0.05) is 17.3 Å². The Kier molecular flexibility index (Phi) is 5.59. The lowest BCUT2D eigenvalue weighted by molar-refractivity contribution is 0.142. The Morgan fingerprint density at radius 1 is 1.48 bits per heavy atom. The van der Waals surface area contributed by atoms with Gasteiger partial charge in [0.1, 0.15) is 0 Å². The van der Waals surface area contributed by atoms with E-state index in [1.54, 1.807) is 0 Å². The lowest BCUT2D eigenvalue weighted by Gasteiger charge is -2.32. The van der Waals surface area contributed by atoms with Gasteiger partial charge in [-0.05, 0) is 55.8 Å². The molecule has 1 aromatic rings. The molecule has 21 heavy (non-hydrogen) atoms. The first kappa shape index (κ1) is 15.8. The second-order valence-electron chi connectivity index (χ2n) is 5.88. The van der Waals surface area contributed by atoms with Crippen LogP contribution in [0.3, 0.4) is 0 Å². The minimum Gasteiger partial charge on any atom is -0.409 e. The molecule has 0 radical (unpaired) electrons. The Labute approximate surface area is 126 Å². The van der Waals surface area contributed by atoms with Crippen LogP contribution >= 0.6 is 0 Å². The van der Waals surface area contributed by atoms with Gasteiger partial charge in [0.2, 0.25) is 0 Å². The summed E-state index contributed by atoms with van der Waals surface area (Å²) in [6.45, 7) is 5.43. The van der Waals surface area contributed by atoms with Crippen molar-refractivity contribution in [1.29, 1.82) is 0 Å². The highest BCUT2D eigenvalue weighted by Gasteiger charge is 2.20. The Hall–Kier alpha value is -1.59. The second-order valence-corrected chi connectivity index (χ2v) is 5.88. The molecule has 1 aliphatic heterocycles. The first-order valence-electron chi connectivity index (χ1n) is 7.54. The Balaban J connectivity index is 2.02. The van der Waals surface area contributed by atoms with Gasteiger partial charge < -0.3 is 16.0 Å². The fourth-order valence-corrected chi connectivity index (χ4v) is 3.04. The molecule has 1 aromatic carbocycles. The molecule has 5 nitrogen and oxygen atoms in total. The summed E-state index contributed by atoms with van der Waals surface area (Å²) in [7, 11) is 0. The number of hydrogen-bond donors (Lipinski definition) is 3. The monoisotopic (exact) mass is 291 g/mol. The Morgan fingerprint density at radius 3 is 2.95 bits per heavy atom. The summed E-state index contributed by atoms with van der Waals surface area (Å²) in [5.74, 6) is 0.756. The first-order valence-corrected chi connectivity index (χ1v) is 7.54. The van der Waals surface area contributed by atoms with Gasteiger partial charge >= 0.3 is 0 Å². The van der Waals surface area contributed by atoms with Crippen LogP contribution in [-0.2, 0) is 6.54 Å². The van der Waals surface area contributed by atoms with Crippen molar-refractivity contribution in [3.8, 4) is 0 Å². The zero-order chi connectivity index (χ0) is 15.2. The van der Waals surface area contributed by atoms with Gasteiger partial charge in [-0.3, -0.25) is 4.90 Å². The average Bonchev–Trinajstić information content (AvgIpc) is 2.49. The number of amidine groups is 1. The van der Waals surface area contributed by atoms with Gasteiger partial charge in [-0.15, -0.1) is 0 Å². The smallest absolute Gasteiger partial charge is 0.170 e. The van der Waals surface area contributed by atoms with Crippen molar-refractivity contribution in [3.63, 3.8) is 0 Å². The third-order valence-electron chi connectivity index (χ3n) is 4.28. The summed E-state index contributed by atoms with van der Waals surface area (Å²) in [4.78, 5) is 2.45. The lowest BCUT2D eigenvalue weighted by atomic mass is 9.94. The van der Waals surface area contributed by atoms with Crippen LogP contribution in [0.1, 0.15) is 36.0 Å². The molecule has 0 spiro atoms. The van der Waals surface area contributed by atoms with Gasteiger partial charge in [-0.2, -0.15) is 0 Å². The molecule has 116 valence electrons. The Bertz CT molecular complexity index is 500. The van der Waals surface area contributed by atoms with Gasteiger partial charge in [-0.25, -0.2) is 0 Å². The van der Waals surface area contributed by atoms with E-state index in [0.717, 1.165) is 37.2 Å². The van der Waals surface area contributed by atoms with Crippen LogP contribution in [0.4, 0.5) is 0 Å². The van der Waals surface area contributed by atoms with Gasteiger partial charge in [0.25, 0.3) is 0 Å². The number of nitrogens with two attached hydrogens (primary N) is 1.